The predicted molar refractivity (Wildman–Crippen MR) is 145 cm³/mol. The Labute approximate surface area is 224 Å². The van der Waals surface area contributed by atoms with Crippen LogP contribution in [-0.2, 0) is 25.5 Å². The minimum atomic E-state index is -0.816. The van der Waals surface area contributed by atoms with Gasteiger partial charge in [-0.1, -0.05) is 39.0 Å². The number of ether oxygens (including phenoxy) is 2. The number of carbonyl (C=O) groups excluding carboxylic acids is 4. The molecule has 1 fully saturated rings. The number of esters is 1. The summed E-state index contributed by atoms with van der Waals surface area (Å²) in [5, 5.41) is 0. The number of carbonyl (C=O) groups is 4. The van der Waals surface area contributed by atoms with Gasteiger partial charge in [-0.05, 0) is 73.9 Å². The van der Waals surface area contributed by atoms with Crippen molar-refractivity contribution in [3.8, 4) is 5.75 Å². The van der Waals surface area contributed by atoms with E-state index in [9.17, 15) is 19.2 Å². The first-order valence-corrected chi connectivity index (χ1v) is 13.1. The topological polar surface area (TPSA) is 116 Å². The van der Waals surface area contributed by atoms with Gasteiger partial charge in [-0.2, -0.15) is 0 Å². The quantitative estimate of drug-likeness (QED) is 0.197. The van der Waals surface area contributed by atoms with Crippen molar-refractivity contribution in [1.29, 1.82) is 0 Å². The van der Waals surface area contributed by atoms with Gasteiger partial charge in [0.15, 0.2) is 6.29 Å². The number of ketones is 1. The number of nitrogens with zero attached hydrogens (tertiary/aromatic N) is 1. The van der Waals surface area contributed by atoms with Crippen molar-refractivity contribution in [2.24, 2.45) is 5.41 Å². The number of piperidine rings is 1. The van der Waals surface area contributed by atoms with E-state index in [4.69, 9.17) is 15.2 Å². The number of nitrogens with two attached hydrogens (primary N) is 1. The van der Waals surface area contributed by atoms with Crippen LogP contribution in [0.15, 0.2) is 42.5 Å². The highest BCUT2D eigenvalue weighted by molar-refractivity contribution is 6.38. The zero-order chi connectivity index (χ0) is 27.9. The standard InChI is InChI=1S/C30H38N2O6/c1-5-30(2,3)27(34)28(35)32-16-7-6-11-24(32)29(36)38-25(21-9-8-10-23(31)18-21)15-13-20-12-14-22(19-33)26(17-20)37-4/h8-10,12,14,17-19,24-25H,5-7,11,13,15-16,31H2,1-4H3/t24-,25+/m0/s1. The number of hydrogen-bond acceptors (Lipinski definition) is 7. The summed E-state index contributed by atoms with van der Waals surface area (Å²) in [7, 11) is 1.51. The molecule has 38 heavy (non-hydrogen) atoms. The lowest BCUT2D eigenvalue weighted by atomic mass is 9.84. The van der Waals surface area contributed by atoms with Crippen LogP contribution in [0.2, 0.25) is 0 Å². The number of methoxy groups -OCH3 is 1. The van der Waals surface area contributed by atoms with Gasteiger partial charge in [-0.3, -0.25) is 14.4 Å². The number of rotatable bonds is 11. The van der Waals surface area contributed by atoms with Crippen LogP contribution in [-0.4, -0.2) is 48.5 Å². The monoisotopic (exact) mass is 522 g/mol. The average molecular weight is 523 g/mol. The molecule has 1 amide bonds. The maximum atomic E-state index is 13.5. The van der Waals surface area contributed by atoms with E-state index in [1.165, 1.54) is 12.0 Å². The Morgan fingerprint density at radius 2 is 1.92 bits per heavy atom. The molecule has 0 radical (unpaired) electrons. The van der Waals surface area contributed by atoms with Gasteiger partial charge in [-0.25, -0.2) is 4.79 Å². The molecule has 2 aromatic carbocycles. The van der Waals surface area contributed by atoms with E-state index < -0.39 is 35.2 Å². The maximum absolute atomic E-state index is 13.5. The van der Waals surface area contributed by atoms with E-state index >= 15 is 0 Å². The molecule has 8 nitrogen and oxygen atoms in total. The number of amides is 1. The number of benzene rings is 2. The number of anilines is 1. The Hall–Kier alpha value is -3.68. The lowest BCUT2D eigenvalue weighted by Crippen LogP contribution is -2.53. The predicted octanol–water partition coefficient (Wildman–Crippen LogP) is 4.69. The number of Topliss-reactive ketones (excluding diaryl/α,β-unsaturated/α-hetero) is 1. The van der Waals surface area contributed by atoms with Crippen molar-refractivity contribution >= 4 is 29.6 Å². The highest BCUT2D eigenvalue weighted by atomic mass is 16.5. The molecule has 2 aromatic rings. The van der Waals surface area contributed by atoms with Crippen LogP contribution >= 0.6 is 0 Å². The second-order valence-corrected chi connectivity index (χ2v) is 10.4. The summed E-state index contributed by atoms with van der Waals surface area (Å²) in [5.41, 5.74) is 7.88. The molecule has 0 spiro atoms. The van der Waals surface area contributed by atoms with Gasteiger partial charge in [0.2, 0.25) is 5.78 Å². The Morgan fingerprint density at radius 1 is 1.16 bits per heavy atom. The molecule has 2 N–H and O–H groups in total. The molecule has 8 heteroatoms. The van der Waals surface area contributed by atoms with Crippen molar-refractivity contribution < 1.29 is 28.7 Å². The minimum absolute atomic E-state index is 0.343. The molecule has 1 saturated heterocycles. The van der Waals surface area contributed by atoms with Crippen LogP contribution in [0.25, 0.3) is 0 Å². The third-order valence-corrected chi connectivity index (χ3v) is 7.39. The summed E-state index contributed by atoms with van der Waals surface area (Å²) in [5.74, 6) is -1.16. The Balaban J connectivity index is 1.82. The summed E-state index contributed by atoms with van der Waals surface area (Å²) in [6.45, 7) is 5.70. The highest BCUT2D eigenvalue weighted by Gasteiger charge is 2.41. The number of likely N-dealkylation sites (tertiary alicyclic amines) is 1. The average Bonchev–Trinajstić information content (AvgIpc) is 2.93. The van der Waals surface area contributed by atoms with Crippen molar-refractivity contribution in [3.05, 3.63) is 59.2 Å². The molecule has 0 unspecified atom stereocenters. The van der Waals surface area contributed by atoms with Crippen LogP contribution < -0.4 is 10.5 Å². The molecule has 1 heterocycles. The van der Waals surface area contributed by atoms with E-state index in [2.05, 4.69) is 0 Å². The van der Waals surface area contributed by atoms with Gasteiger partial charge < -0.3 is 20.1 Å². The molecule has 0 aromatic heterocycles. The molecular weight excluding hydrogens is 484 g/mol. The van der Waals surface area contributed by atoms with E-state index in [1.54, 1.807) is 44.2 Å². The molecule has 0 aliphatic carbocycles. The van der Waals surface area contributed by atoms with Crippen molar-refractivity contribution in [3.63, 3.8) is 0 Å². The first-order valence-electron chi connectivity index (χ1n) is 13.1. The second-order valence-electron chi connectivity index (χ2n) is 10.4. The maximum Gasteiger partial charge on any atom is 0.329 e. The van der Waals surface area contributed by atoms with Gasteiger partial charge in [0.25, 0.3) is 5.91 Å². The summed E-state index contributed by atoms with van der Waals surface area (Å²) >= 11 is 0. The number of aldehydes is 1. The Morgan fingerprint density at radius 3 is 2.58 bits per heavy atom. The fourth-order valence-corrected chi connectivity index (χ4v) is 4.58. The Bertz CT molecular complexity index is 1180. The summed E-state index contributed by atoms with van der Waals surface area (Å²) < 4.78 is 11.4. The zero-order valence-electron chi connectivity index (χ0n) is 22.7. The van der Waals surface area contributed by atoms with Crippen LogP contribution in [0.5, 0.6) is 5.75 Å². The fourth-order valence-electron chi connectivity index (χ4n) is 4.58. The molecule has 1 aliphatic heterocycles. The number of aryl methyl sites for hydroxylation is 1. The third-order valence-electron chi connectivity index (χ3n) is 7.39. The normalized spacial score (nSPS) is 16.4. The fraction of sp³-hybridized carbons (Fsp3) is 0.467. The summed E-state index contributed by atoms with van der Waals surface area (Å²) in [4.78, 5) is 52.2. The van der Waals surface area contributed by atoms with E-state index in [0.717, 1.165) is 30.3 Å². The summed E-state index contributed by atoms with van der Waals surface area (Å²) in [6.07, 6.45) is 3.57. The molecule has 204 valence electrons. The van der Waals surface area contributed by atoms with Crippen LogP contribution in [0, 0.1) is 5.41 Å². The number of nitrogen functional groups attached to an aromatic ring is 1. The molecular formula is C30H38N2O6. The van der Waals surface area contributed by atoms with Crippen LogP contribution in [0.4, 0.5) is 5.69 Å². The number of hydrogen-bond donors (Lipinski definition) is 1. The highest BCUT2D eigenvalue weighted by Crippen LogP contribution is 2.30. The van der Waals surface area contributed by atoms with Gasteiger partial charge in [0.1, 0.15) is 17.9 Å². The summed E-state index contributed by atoms with van der Waals surface area (Å²) in [6, 6.07) is 11.7. The third kappa shape index (κ3) is 6.79. The van der Waals surface area contributed by atoms with Gasteiger partial charge in [0.05, 0.1) is 12.7 Å². The van der Waals surface area contributed by atoms with Gasteiger partial charge in [-0.15, -0.1) is 0 Å². The van der Waals surface area contributed by atoms with Crippen LogP contribution in [0.3, 0.4) is 0 Å². The molecule has 3 rings (SSSR count). The largest absolute Gasteiger partial charge is 0.496 e. The Kier molecular flexibility index (Phi) is 9.66. The van der Waals surface area contributed by atoms with E-state index in [1.807, 2.05) is 19.1 Å². The second kappa shape index (κ2) is 12.7. The van der Waals surface area contributed by atoms with Gasteiger partial charge in [0, 0.05) is 17.6 Å². The molecule has 0 bridgehead atoms. The van der Waals surface area contributed by atoms with E-state index in [-0.39, 0.29) is 0 Å². The van der Waals surface area contributed by atoms with Crippen molar-refractivity contribution in [1.82, 2.24) is 4.90 Å². The first-order chi connectivity index (χ1) is 18.1. The zero-order valence-corrected chi connectivity index (χ0v) is 22.7. The molecule has 1 aliphatic rings. The smallest absolute Gasteiger partial charge is 0.329 e. The first kappa shape index (κ1) is 28.9. The van der Waals surface area contributed by atoms with Crippen LogP contribution in [0.1, 0.15) is 80.5 Å². The molecule has 2 atom stereocenters. The SMILES string of the molecule is CCC(C)(C)C(=O)C(=O)N1CCCC[C@H]1C(=O)O[C@H](CCc1ccc(C=O)c(OC)c1)c1cccc(N)c1. The lowest BCUT2D eigenvalue weighted by molar-refractivity contribution is -0.164. The van der Waals surface area contributed by atoms with E-state index in [0.29, 0.717) is 49.2 Å². The molecule has 0 saturated carbocycles. The van der Waals surface area contributed by atoms with Gasteiger partial charge >= 0.3 is 5.97 Å². The van der Waals surface area contributed by atoms with Crippen molar-refractivity contribution in [2.75, 3.05) is 19.4 Å². The minimum Gasteiger partial charge on any atom is -0.496 e. The van der Waals surface area contributed by atoms with Crippen molar-refractivity contribution in [2.45, 2.75) is 71.4 Å². The lowest BCUT2D eigenvalue weighted by Gasteiger charge is -2.36.